The van der Waals surface area contributed by atoms with Gasteiger partial charge in [-0.05, 0) is 12.5 Å². The molecular formula is C13H15N5O4. The van der Waals surface area contributed by atoms with E-state index in [0.717, 1.165) is 0 Å². The predicted octanol–water partition coefficient (Wildman–Crippen LogP) is -0.739. The molecule has 2 aliphatic heterocycles. The summed E-state index contributed by atoms with van der Waals surface area (Å²) in [5.74, 6) is 0.369. The van der Waals surface area contributed by atoms with E-state index in [9.17, 15) is 9.90 Å². The molecule has 0 saturated carbocycles. The van der Waals surface area contributed by atoms with Crippen LogP contribution in [0.15, 0.2) is 29.7 Å². The molecule has 2 aromatic heterocycles. The minimum absolute atomic E-state index is 0.338. The van der Waals surface area contributed by atoms with Crippen molar-refractivity contribution in [1.82, 2.24) is 24.3 Å². The SMILES string of the molecule is CCC12COC(C(n3ccc(-n4cncn4)nc3=O)O1)C2O. The normalized spacial score (nSPS) is 33.5. The Hall–Kier alpha value is -2.10. The Morgan fingerprint density at radius 3 is 3.05 bits per heavy atom. The maximum atomic E-state index is 12.3. The lowest BCUT2D eigenvalue weighted by Gasteiger charge is -2.30. The summed E-state index contributed by atoms with van der Waals surface area (Å²) in [6, 6.07) is 1.64. The molecule has 2 aromatic rings. The maximum absolute atomic E-state index is 12.3. The Morgan fingerprint density at radius 2 is 2.41 bits per heavy atom. The van der Waals surface area contributed by atoms with Gasteiger partial charge in [-0.15, -0.1) is 0 Å². The van der Waals surface area contributed by atoms with E-state index in [-0.39, 0.29) is 0 Å². The van der Waals surface area contributed by atoms with Crippen molar-refractivity contribution >= 4 is 0 Å². The molecule has 9 nitrogen and oxygen atoms in total. The van der Waals surface area contributed by atoms with Crippen molar-refractivity contribution < 1.29 is 14.6 Å². The Bertz CT molecular complexity index is 745. The van der Waals surface area contributed by atoms with Gasteiger partial charge in [0, 0.05) is 6.20 Å². The summed E-state index contributed by atoms with van der Waals surface area (Å²) in [5, 5.41) is 14.2. The van der Waals surface area contributed by atoms with Crippen LogP contribution in [0.1, 0.15) is 19.6 Å². The van der Waals surface area contributed by atoms with E-state index < -0.39 is 29.7 Å². The van der Waals surface area contributed by atoms with Crippen LogP contribution in [0, 0.1) is 0 Å². The number of hydrogen-bond acceptors (Lipinski definition) is 7. The molecule has 0 aromatic carbocycles. The lowest BCUT2D eigenvalue weighted by molar-refractivity contribution is -0.175. The third kappa shape index (κ3) is 1.76. The quantitative estimate of drug-likeness (QED) is 0.796. The molecule has 0 amide bonds. The first kappa shape index (κ1) is 13.6. The summed E-state index contributed by atoms with van der Waals surface area (Å²) < 4.78 is 14.2. The van der Waals surface area contributed by atoms with Crippen LogP contribution in [0.5, 0.6) is 0 Å². The monoisotopic (exact) mass is 305 g/mol. The summed E-state index contributed by atoms with van der Waals surface area (Å²) >= 11 is 0. The minimum Gasteiger partial charge on any atom is -0.387 e. The third-order valence-electron chi connectivity index (χ3n) is 4.35. The fraction of sp³-hybridized carbons (Fsp3) is 0.538. The second-order valence-electron chi connectivity index (χ2n) is 5.46. The van der Waals surface area contributed by atoms with Crippen LogP contribution in [0.3, 0.4) is 0 Å². The molecule has 1 N–H and O–H groups in total. The second-order valence-corrected chi connectivity index (χ2v) is 5.46. The van der Waals surface area contributed by atoms with E-state index in [2.05, 4.69) is 15.1 Å². The van der Waals surface area contributed by atoms with Crippen molar-refractivity contribution in [2.45, 2.75) is 37.4 Å². The molecule has 22 heavy (non-hydrogen) atoms. The molecule has 0 spiro atoms. The zero-order valence-corrected chi connectivity index (χ0v) is 11.9. The van der Waals surface area contributed by atoms with Crippen molar-refractivity contribution in [3.63, 3.8) is 0 Å². The first-order chi connectivity index (χ1) is 10.6. The molecule has 2 aliphatic rings. The van der Waals surface area contributed by atoms with E-state index in [0.29, 0.717) is 18.8 Å². The summed E-state index contributed by atoms with van der Waals surface area (Å²) in [6.45, 7) is 2.26. The summed E-state index contributed by atoms with van der Waals surface area (Å²) in [6.07, 6.45) is 3.02. The maximum Gasteiger partial charge on any atom is 0.351 e. The number of aliphatic hydroxyl groups excluding tert-OH is 1. The zero-order chi connectivity index (χ0) is 15.3. The van der Waals surface area contributed by atoms with E-state index in [4.69, 9.17) is 9.47 Å². The summed E-state index contributed by atoms with van der Waals surface area (Å²) in [5.41, 5.74) is -1.23. The van der Waals surface area contributed by atoms with Crippen LogP contribution < -0.4 is 5.69 Å². The molecule has 4 atom stereocenters. The fourth-order valence-corrected chi connectivity index (χ4v) is 3.02. The lowest BCUT2D eigenvalue weighted by Crippen LogP contribution is -2.40. The Labute approximate surface area is 125 Å². The van der Waals surface area contributed by atoms with Crippen molar-refractivity contribution in [3.8, 4) is 5.82 Å². The predicted molar refractivity (Wildman–Crippen MR) is 72.3 cm³/mol. The number of aromatic nitrogens is 5. The molecule has 0 aliphatic carbocycles. The highest BCUT2D eigenvalue weighted by atomic mass is 16.6. The van der Waals surface area contributed by atoms with E-state index in [1.54, 1.807) is 12.3 Å². The van der Waals surface area contributed by atoms with Gasteiger partial charge < -0.3 is 14.6 Å². The number of hydrogen-bond donors (Lipinski definition) is 1. The van der Waals surface area contributed by atoms with Gasteiger partial charge in [0.05, 0.1) is 6.61 Å². The smallest absolute Gasteiger partial charge is 0.351 e. The van der Waals surface area contributed by atoms with Crippen molar-refractivity contribution in [2.75, 3.05) is 6.61 Å². The van der Waals surface area contributed by atoms with E-state index in [1.807, 2.05) is 6.92 Å². The number of rotatable bonds is 3. The lowest BCUT2D eigenvalue weighted by atomic mass is 9.96. The first-order valence-corrected chi connectivity index (χ1v) is 7.06. The van der Waals surface area contributed by atoms with Gasteiger partial charge in [0.2, 0.25) is 0 Å². The molecule has 4 heterocycles. The molecule has 0 radical (unpaired) electrons. The molecule has 2 saturated heterocycles. The molecular weight excluding hydrogens is 290 g/mol. The van der Waals surface area contributed by atoms with Crippen LogP contribution in [0.4, 0.5) is 0 Å². The minimum atomic E-state index is -0.746. The number of ether oxygens (including phenoxy) is 2. The van der Waals surface area contributed by atoms with Crippen LogP contribution in [0.25, 0.3) is 5.82 Å². The molecule has 4 rings (SSSR count). The topological polar surface area (TPSA) is 104 Å². The highest BCUT2D eigenvalue weighted by Gasteiger charge is 2.60. The first-order valence-electron chi connectivity index (χ1n) is 7.06. The Kier molecular flexibility index (Phi) is 2.90. The van der Waals surface area contributed by atoms with Crippen molar-refractivity contribution in [3.05, 3.63) is 35.4 Å². The number of fused-ring (bicyclic) bond motifs is 2. The standard InChI is InChI=1S/C13H15N5O4/c1-2-13-5-21-9(10(13)19)11(22-13)17-4-3-8(16-12(17)20)18-7-14-6-15-18/h3-4,6-7,9-11,19H,2,5H2,1H3. The average Bonchev–Trinajstić information content (AvgIpc) is 3.23. The number of nitrogens with zero attached hydrogens (tertiary/aromatic N) is 5. The van der Waals surface area contributed by atoms with Gasteiger partial charge in [0.15, 0.2) is 12.0 Å². The fourth-order valence-electron chi connectivity index (χ4n) is 3.02. The van der Waals surface area contributed by atoms with Gasteiger partial charge >= 0.3 is 5.69 Å². The van der Waals surface area contributed by atoms with Crippen LogP contribution >= 0.6 is 0 Å². The Balaban J connectivity index is 1.69. The van der Waals surface area contributed by atoms with E-state index >= 15 is 0 Å². The molecule has 4 unspecified atom stereocenters. The molecule has 116 valence electrons. The average molecular weight is 305 g/mol. The van der Waals surface area contributed by atoms with Crippen molar-refractivity contribution in [2.24, 2.45) is 0 Å². The van der Waals surface area contributed by atoms with Crippen LogP contribution in [0.2, 0.25) is 0 Å². The van der Waals surface area contributed by atoms with Crippen molar-refractivity contribution in [1.29, 1.82) is 0 Å². The van der Waals surface area contributed by atoms with Gasteiger partial charge in [0.1, 0.15) is 30.5 Å². The van der Waals surface area contributed by atoms with Gasteiger partial charge in [-0.25, -0.2) is 14.5 Å². The highest BCUT2D eigenvalue weighted by molar-refractivity contribution is 5.17. The molecule has 2 fully saturated rings. The molecule has 9 heteroatoms. The summed E-state index contributed by atoms with van der Waals surface area (Å²) in [7, 11) is 0. The zero-order valence-electron chi connectivity index (χ0n) is 11.9. The van der Waals surface area contributed by atoms with Gasteiger partial charge in [-0.1, -0.05) is 6.92 Å². The third-order valence-corrected chi connectivity index (χ3v) is 4.35. The van der Waals surface area contributed by atoms with Gasteiger partial charge in [0.25, 0.3) is 0 Å². The van der Waals surface area contributed by atoms with Gasteiger partial charge in [-0.2, -0.15) is 10.1 Å². The highest BCUT2D eigenvalue weighted by Crippen LogP contribution is 2.46. The van der Waals surface area contributed by atoms with Gasteiger partial charge in [-0.3, -0.25) is 4.57 Å². The van der Waals surface area contributed by atoms with E-state index in [1.165, 1.54) is 21.9 Å². The molecule has 2 bridgehead atoms. The van der Waals surface area contributed by atoms with Crippen LogP contribution in [-0.4, -0.2) is 53.8 Å². The second kappa shape index (κ2) is 4.70. The summed E-state index contributed by atoms with van der Waals surface area (Å²) in [4.78, 5) is 20.1. The largest absolute Gasteiger partial charge is 0.387 e. The van der Waals surface area contributed by atoms with Crippen LogP contribution in [-0.2, 0) is 9.47 Å². The Morgan fingerprint density at radius 1 is 1.55 bits per heavy atom. The number of aliphatic hydroxyl groups is 1.